The summed E-state index contributed by atoms with van der Waals surface area (Å²) in [6, 6.07) is -0.614. The van der Waals surface area contributed by atoms with Gasteiger partial charge in [0.2, 0.25) is 5.91 Å². The number of hydrogen-bond acceptors (Lipinski definition) is 3. The zero-order valence-electron chi connectivity index (χ0n) is 15.1. The van der Waals surface area contributed by atoms with Crippen LogP contribution >= 0.6 is 0 Å². The Morgan fingerprint density at radius 2 is 1.52 bits per heavy atom. The van der Waals surface area contributed by atoms with Gasteiger partial charge in [0.15, 0.2) is 0 Å². The molecule has 0 saturated carbocycles. The largest absolute Gasteiger partial charge is 0.394 e. The van der Waals surface area contributed by atoms with E-state index in [9.17, 15) is 9.90 Å². The minimum atomic E-state index is -0.827. The second kappa shape index (κ2) is 16.0. The molecule has 0 unspecified atom stereocenters. The van der Waals surface area contributed by atoms with Crippen LogP contribution in [0.15, 0.2) is 12.2 Å². The van der Waals surface area contributed by atoms with Gasteiger partial charge in [0, 0.05) is 6.92 Å². The molecule has 23 heavy (non-hydrogen) atoms. The maximum atomic E-state index is 10.9. The summed E-state index contributed by atoms with van der Waals surface area (Å²) in [7, 11) is 0. The van der Waals surface area contributed by atoms with Gasteiger partial charge < -0.3 is 15.5 Å². The Morgan fingerprint density at radius 3 is 2.00 bits per heavy atom. The molecule has 0 saturated heterocycles. The van der Waals surface area contributed by atoms with Crippen LogP contribution in [0.4, 0.5) is 0 Å². The zero-order chi connectivity index (χ0) is 17.3. The standard InChI is InChI=1S/C19H37NO3/c1-3-4-5-6-7-8-9-10-11-12-13-14-15-19(23)18(16-21)20-17(2)22/h14-15,18-19,21,23H,3-13,16H2,1-2H3,(H,20,22)/b15-14+/t18-,19+/m0/s1. The SMILES string of the molecule is CCCCCCCCCCCC/C=C/[C@@H](O)[C@H](CO)NC(C)=O. The Labute approximate surface area is 142 Å². The lowest BCUT2D eigenvalue weighted by atomic mass is 10.1. The van der Waals surface area contributed by atoms with E-state index in [0.29, 0.717) is 0 Å². The summed E-state index contributed by atoms with van der Waals surface area (Å²) in [6.07, 6.45) is 16.9. The van der Waals surface area contributed by atoms with E-state index in [1.54, 1.807) is 6.08 Å². The second-order valence-corrected chi connectivity index (χ2v) is 6.38. The van der Waals surface area contributed by atoms with Gasteiger partial charge in [0.05, 0.1) is 18.8 Å². The number of carbonyl (C=O) groups is 1. The fraction of sp³-hybridized carbons (Fsp3) is 0.842. The minimum absolute atomic E-state index is 0.244. The summed E-state index contributed by atoms with van der Waals surface area (Å²) in [4.78, 5) is 10.9. The number of hydrogen-bond donors (Lipinski definition) is 3. The smallest absolute Gasteiger partial charge is 0.217 e. The highest BCUT2D eigenvalue weighted by Gasteiger charge is 2.15. The van der Waals surface area contributed by atoms with Crippen molar-refractivity contribution in [3.8, 4) is 0 Å². The van der Waals surface area contributed by atoms with E-state index in [1.165, 1.54) is 64.7 Å². The number of carbonyl (C=O) groups excluding carboxylic acids is 1. The molecule has 1 amide bonds. The van der Waals surface area contributed by atoms with Crippen LogP contribution in [-0.2, 0) is 4.79 Å². The molecule has 0 aliphatic rings. The van der Waals surface area contributed by atoms with Gasteiger partial charge >= 0.3 is 0 Å². The fourth-order valence-electron chi connectivity index (χ4n) is 2.62. The van der Waals surface area contributed by atoms with Crippen LogP contribution in [-0.4, -0.2) is 34.9 Å². The number of unbranched alkanes of at least 4 members (excludes halogenated alkanes) is 10. The van der Waals surface area contributed by atoms with Gasteiger partial charge in [-0.05, 0) is 12.8 Å². The summed E-state index contributed by atoms with van der Waals surface area (Å²) in [6.45, 7) is 3.36. The monoisotopic (exact) mass is 327 g/mol. The van der Waals surface area contributed by atoms with Crippen LogP contribution in [0.3, 0.4) is 0 Å². The molecule has 0 aromatic rings. The molecule has 0 radical (unpaired) electrons. The second-order valence-electron chi connectivity index (χ2n) is 6.38. The van der Waals surface area contributed by atoms with E-state index in [2.05, 4.69) is 12.2 Å². The van der Waals surface area contributed by atoms with Gasteiger partial charge in [0.1, 0.15) is 0 Å². The Kier molecular flexibility index (Phi) is 15.4. The van der Waals surface area contributed by atoms with Crippen molar-refractivity contribution >= 4 is 5.91 Å². The first-order valence-electron chi connectivity index (χ1n) is 9.34. The summed E-state index contributed by atoms with van der Waals surface area (Å²) in [5, 5.41) is 21.5. The molecule has 0 fully saturated rings. The lowest BCUT2D eigenvalue weighted by Crippen LogP contribution is -2.44. The van der Waals surface area contributed by atoms with Crippen molar-refractivity contribution in [3.63, 3.8) is 0 Å². The third-order valence-electron chi connectivity index (χ3n) is 4.06. The molecule has 136 valence electrons. The van der Waals surface area contributed by atoms with E-state index in [4.69, 9.17) is 5.11 Å². The van der Waals surface area contributed by atoms with Crippen molar-refractivity contribution in [1.29, 1.82) is 0 Å². The average Bonchev–Trinajstić information content (AvgIpc) is 2.53. The number of aliphatic hydroxyl groups is 2. The highest BCUT2D eigenvalue weighted by atomic mass is 16.3. The van der Waals surface area contributed by atoms with Crippen LogP contribution in [0.25, 0.3) is 0 Å². The molecule has 0 aliphatic heterocycles. The first kappa shape index (κ1) is 22.1. The molecular formula is C19H37NO3. The molecule has 4 nitrogen and oxygen atoms in total. The van der Waals surface area contributed by atoms with Gasteiger partial charge in [-0.2, -0.15) is 0 Å². The molecule has 0 aromatic carbocycles. The van der Waals surface area contributed by atoms with Crippen LogP contribution < -0.4 is 5.32 Å². The third kappa shape index (κ3) is 14.5. The number of nitrogens with one attached hydrogen (secondary N) is 1. The van der Waals surface area contributed by atoms with Crippen molar-refractivity contribution in [2.75, 3.05) is 6.61 Å². The molecule has 4 heteroatoms. The van der Waals surface area contributed by atoms with Crippen LogP contribution in [0.2, 0.25) is 0 Å². The highest BCUT2D eigenvalue weighted by molar-refractivity contribution is 5.73. The molecule has 0 aromatic heterocycles. The topological polar surface area (TPSA) is 69.6 Å². The molecule has 0 heterocycles. The summed E-state index contributed by atoms with van der Waals surface area (Å²) < 4.78 is 0. The molecule has 0 spiro atoms. The molecule has 0 rings (SSSR count). The van der Waals surface area contributed by atoms with Crippen LogP contribution in [0.5, 0.6) is 0 Å². The normalized spacial score (nSPS) is 14.1. The van der Waals surface area contributed by atoms with E-state index < -0.39 is 12.1 Å². The minimum Gasteiger partial charge on any atom is -0.394 e. The van der Waals surface area contributed by atoms with Crippen molar-refractivity contribution < 1.29 is 15.0 Å². The fourth-order valence-corrected chi connectivity index (χ4v) is 2.62. The third-order valence-corrected chi connectivity index (χ3v) is 4.06. The maximum absolute atomic E-state index is 10.9. The number of allylic oxidation sites excluding steroid dienone is 1. The highest BCUT2D eigenvalue weighted by Crippen LogP contribution is 2.11. The Bertz CT molecular complexity index is 305. The summed E-state index contributed by atoms with van der Waals surface area (Å²) in [5.41, 5.74) is 0. The van der Waals surface area contributed by atoms with Crippen molar-refractivity contribution in [3.05, 3.63) is 12.2 Å². The van der Waals surface area contributed by atoms with Crippen molar-refractivity contribution in [2.45, 2.75) is 96.6 Å². The number of aliphatic hydroxyl groups excluding tert-OH is 2. The first-order chi connectivity index (χ1) is 11.1. The van der Waals surface area contributed by atoms with Gasteiger partial charge in [-0.15, -0.1) is 0 Å². The maximum Gasteiger partial charge on any atom is 0.217 e. The molecule has 0 aliphatic carbocycles. The van der Waals surface area contributed by atoms with Crippen LogP contribution in [0.1, 0.15) is 84.5 Å². The molecule has 2 atom stereocenters. The van der Waals surface area contributed by atoms with Gasteiger partial charge in [-0.3, -0.25) is 4.79 Å². The summed E-state index contributed by atoms with van der Waals surface area (Å²) >= 11 is 0. The average molecular weight is 328 g/mol. The quantitative estimate of drug-likeness (QED) is 0.317. The molecule has 0 bridgehead atoms. The molecular weight excluding hydrogens is 290 g/mol. The van der Waals surface area contributed by atoms with Crippen LogP contribution in [0, 0.1) is 0 Å². The van der Waals surface area contributed by atoms with E-state index in [-0.39, 0.29) is 12.5 Å². The number of amides is 1. The van der Waals surface area contributed by atoms with E-state index in [0.717, 1.165) is 12.8 Å². The number of rotatable bonds is 15. The Hall–Kier alpha value is -0.870. The predicted molar refractivity (Wildman–Crippen MR) is 96.3 cm³/mol. The van der Waals surface area contributed by atoms with Gasteiger partial charge in [-0.1, -0.05) is 76.9 Å². The summed E-state index contributed by atoms with van der Waals surface area (Å²) in [5.74, 6) is -0.244. The van der Waals surface area contributed by atoms with Crippen molar-refractivity contribution in [2.24, 2.45) is 0 Å². The molecule has 3 N–H and O–H groups in total. The lowest BCUT2D eigenvalue weighted by Gasteiger charge is -2.18. The Morgan fingerprint density at radius 1 is 1.00 bits per heavy atom. The van der Waals surface area contributed by atoms with Gasteiger partial charge in [-0.25, -0.2) is 0 Å². The first-order valence-corrected chi connectivity index (χ1v) is 9.34. The lowest BCUT2D eigenvalue weighted by molar-refractivity contribution is -0.120. The van der Waals surface area contributed by atoms with Gasteiger partial charge in [0.25, 0.3) is 0 Å². The van der Waals surface area contributed by atoms with E-state index in [1.807, 2.05) is 6.08 Å². The van der Waals surface area contributed by atoms with Crippen molar-refractivity contribution in [1.82, 2.24) is 5.32 Å². The predicted octanol–water partition coefficient (Wildman–Crippen LogP) is 3.71. The zero-order valence-corrected chi connectivity index (χ0v) is 15.1. The Balaban J connectivity index is 3.50. The van der Waals surface area contributed by atoms with E-state index >= 15 is 0 Å².